The molecular weight excluding hydrogens is 423 g/mol. The molecule has 0 fully saturated rings. The van der Waals surface area contributed by atoms with Crippen molar-refractivity contribution in [3.63, 3.8) is 0 Å². The number of esters is 1. The molecule has 2 aromatic rings. The lowest BCUT2D eigenvalue weighted by molar-refractivity contribution is -0.172. The maximum absolute atomic E-state index is 13.4. The quantitative estimate of drug-likeness (QED) is 0.564. The van der Waals surface area contributed by atoms with Crippen molar-refractivity contribution in [2.24, 2.45) is 0 Å². The van der Waals surface area contributed by atoms with E-state index in [0.29, 0.717) is 30.0 Å². The van der Waals surface area contributed by atoms with E-state index in [-0.39, 0.29) is 29.7 Å². The highest BCUT2D eigenvalue weighted by Gasteiger charge is 2.45. The second kappa shape index (κ2) is 8.37. The Morgan fingerprint density at radius 1 is 1.30 bits per heavy atom. The zero-order chi connectivity index (χ0) is 24.1. The molecule has 2 aliphatic heterocycles. The van der Waals surface area contributed by atoms with Crippen molar-refractivity contribution in [2.75, 3.05) is 0 Å². The van der Waals surface area contributed by atoms with Crippen LogP contribution in [0, 0.1) is 6.92 Å². The average Bonchev–Trinajstić information content (AvgIpc) is 3.15. The van der Waals surface area contributed by atoms with Gasteiger partial charge < -0.3 is 14.4 Å². The second-order valence-corrected chi connectivity index (χ2v) is 8.95. The molecular formula is C26H29FN2O4. The van der Waals surface area contributed by atoms with Gasteiger partial charge >= 0.3 is 5.97 Å². The molecule has 6 nitrogen and oxygen atoms in total. The van der Waals surface area contributed by atoms with Crippen LogP contribution in [-0.2, 0) is 28.3 Å². The molecule has 0 unspecified atom stereocenters. The van der Waals surface area contributed by atoms with Gasteiger partial charge in [0.15, 0.2) is 5.60 Å². The normalized spacial score (nSPS) is 18.7. The average molecular weight is 453 g/mol. The summed E-state index contributed by atoms with van der Waals surface area (Å²) in [4.78, 5) is 30.5. The molecule has 4 heterocycles. The van der Waals surface area contributed by atoms with E-state index in [1.807, 2.05) is 20.8 Å². The number of carbonyl (C=O) groups excluding carboxylic acids is 1. The van der Waals surface area contributed by atoms with Crippen LogP contribution in [0.25, 0.3) is 23.0 Å². The minimum Gasteiger partial charge on any atom is -0.458 e. The van der Waals surface area contributed by atoms with Crippen LogP contribution in [-0.4, -0.2) is 20.6 Å². The summed E-state index contributed by atoms with van der Waals surface area (Å²) in [6, 6.07) is 1.68. The minimum absolute atomic E-state index is 0.0801. The number of allylic oxidation sites excluding steroid dienone is 2. The number of aromatic nitrogens is 2. The van der Waals surface area contributed by atoms with Crippen molar-refractivity contribution in [3.8, 4) is 11.4 Å². The zero-order valence-electron chi connectivity index (χ0n) is 19.7. The van der Waals surface area contributed by atoms with Crippen molar-refractivity contribution in [1.29, 1.82) is 0 Å². The van der Waals surface area contributed by atoms with Crippen LogP contribution in [0.15, 0.2) is 22.8 Å². The van der Waals surface area contributed by atoms with Crippen LogP contribution >= 0.6 is 0 Å². The van der Waals surface area contributed by atoms with E-state index in [9.17, 15) is 19.1 Å². The molecule has 0 bridgehead atoms. The Labute approximate surface area is 192 Å². The molecule has 0 saturated heterocycles. The SMILES string of the molecule is CCCC(=C(C)C)c1c(/C=C/F)nc2c(c1C)Cn1c-2cc2c(c1=O)COC(=O)[C@]2(O)CC. The van der Waals surface area contributed by atoms with E-state index in [1.54, 1.807) is 17.6 Å². The predicted molar refractivity (Wildman–Crippen MR) is 125 cm³/mol. The Morgan fingerprint density at radius 2 is 2.03 bits per heavy atom. The van der Waals surface area contributed by atoms with Crippen LogP contribution in [0.5, 0.6) is 0 Å². The van der Waals surface area contributed by atoms with E-state index in [1.165, 1.54) is 6.08 Å². The molecule has 7 heteroatoms. The van der Waals surface area contributed by atoms with Gasteiger partial charge in [0.1, 0.15) is 6.61 Å². The third kappa shape index (κ3) is 3.37. The molecule has 0 radical (unpaired) electrons. The van der Waals surface area contributed by atoms with Gasteiger partial charge in [0.25, 0.3) is 5.56 Å². The number of rotatable bonds is 5. The van der Waals surface area contributed by atoms with Gasteiger partial charge in [-0.2, -0.15) is 0 Å². The van der Waals surface area contributed by atoms with E-state index >= 15 is 0 Å². The summed E-state index contributed by atoms with van der Waals surface area (Å²) in [5.41, 5.74) is 4.99. The number of hydrogen-bond donors (Lipinski definition) is 1. The van der Waals surface area contributed by atoms with Gasteiger partial charge in [-0.3, -0.25) is 4.79 Å². The second-order valence-electron chi connectivity index (χ2n) is 8.95. The first-order valence-electron chi connectivity index (χ1n) is 11.3. The molecule has 0 aromatic carbocycles. The summed E-state index contributed by atoms with van der Waals surface area (Å²) in [5, 5.41) is 11.0. The Bertz CT molecular complexity index is 1280. The highest BCUT2D eigenvalue weighted by Crippen LogP contribution is 2.41. The van der Waals surface area contributed by atoms with E-state index in [0.717, 1.165) is 40.7 Å². The maximum Gasteiger partial charge on any atom is 0.343 e. The van der Waals surface area contributed by atoms with E-state index in [4.69, 9.17) is 9.72 Å². The molecule has 2 aliphatic rings. The maximum atomic E-state index is 13.4. The van der Waals surface area contributed by atoms with Gasteiger partial charge in [-0.15, -0.1) is 0 Å². The fraction of sp³-hybridized carbons (Fsp3) is 0.423. The number of nitrogens with zero attached hydrogens (tertiary/aromatic N) is 2. The van der Waals surface area contributed by atoms with Crippen molar-refractivity contribution in [3.05, 3.63) is 61.8 Å². The smallest absolute Gasteiger partial charge is 0.343 e. The lowest BCUT2D eigenvalue weighted by atomic mass is 9.85. The largest absolute Gasteiger partial charge is 0.458 e. The number of carbonyl (C=O) groups is 1. The number of halogens is 1. The Morgan fingerprint density at radius 3 is 2.64 bits per heavy atom. The van der Waals surface area contributed by atoms with Crippen LogP contribution in [0.2, 0.25) is 0 Å². The summed E-state index contributed by atoms with van der Waals surface area (Å²) in [7, 11) is 0. The summed E-state index contributed by atoms with van der Waals surface area (Å²) >= 11 is 0. The predicted octanol–water partition coefficient (Wildman–Crippen LogP) is 4.77. The molecule has 1 atom stereocenters. The zero-order valence-corrected chi connectivity index (χ0v) is 19.7. The summed E-state index contributed by atoms with van der Waals surface area (Å²) in [5.74, 6) is -0.756. The van der Waals surface area contributed by atoms with Crippen LogP contribution in [0.1, 0.15) is 80.5 Å². The molecule has 0 spiro atoms. The minimum atomic E-state index is -1.88. The number of hydrogen-bond acceptors (Lipinski definition) is 5. The third-order valence-electron chi connectivity index (χ3n) is 6.83. The Hall–Kier alpha value is -3.06. The molecule has 1 N–H and O–H groups in total. The molecule has 0 saturated carbocycles. The lowest BCUT2D eigenvalue weighted by Crippen LogP contribution is -2.44. The van der Waals surface area contributed by atoms with Gasteiger partial charge in [-0.25, -0.2) is 14.2 Å². The van der Waals surface area contributed by atoms with Gasteiger partial charge in [-0.1, -0.05) is 25.8 Å². The standard InChI is InChI=1S/C26H29FN2O4/c1-6-8-16(14(3)4)22-15(5)17-12-29-21(23(17)28-20(22)9-10-27)11-19-18(24(29)30)13-33-25(31)26(19,32)7-2/h9-11,32H,6-8,12-13H2,1-5H3/b10-9+/t26-/m0/s1. The number of pyridine rings is 2. The third-order valence-corrected chi connectivity index (χ3v) is 6.83. The van der Waals surface area contributed by atoms with Crippen LogP contribution < -0.4 is 5.56 Å². The molecule has 174 valence electrons. The fourth-order valence-electron chi connectivity index (χ4n) is 5.02. The molecule has 33 heavy (non-hydrogen) atoms. The number of ether oxygens (including phenoxy) is 1. The van der Waals surface area contributed by atoms with Gasteiger partial charge in [0.05, 0.1) is 35.5 Å². The molecule has 0 amide bonds. The number of aliphatic hydroxyl groups is 1. The first kappa shape index (κ1) is 23.1. The fourth-order valence-corrected chi connectivity index (χ4v) is 5.02. The van der Waals surface area contributed by atoms with Gasteiger partial charge in [-0.05, 0) is 56.9 Å². The molecule has 2 aromatic heterocycles. The molecule has 0 aliphatic carbocycles. The highest BCUT2D eigenvalue weighted by molar-refractivity contribution is 5.85. The Kier molecular flexibility index (Phi) is 5.86. The van der Waals surface area contributed by atoms with Crippen LogP contribution in [0.3, 0.4) is 0 Å². The summed E-state index contributed by atoms with van der Waals surface area (Å²) < 4.78 is 20.1. The highest BCUT2D eigenvalue weighted by atomic mass is 19.1. The first-order valence-corrected chi connectivity index (χ1v) is 11.3. The topological polar surface area (TPSA) is 81.4 Å². The molecule has 4 rings (SSSR count). The monoisotopic (exact) mass is 452 g/mol. The summed E-state index contributed by atoms with van der Waals surface area (Å²) in [6.45, 7) is 9.98. The van der Waals surface area contributed by atoms with Crippen molar-refractivity contribution in [2.45, 2.75) is 72.6 Å². The van der Waals surface area contributed by atoms with Gasteiger partial charge in [0, 0.05) is 16.7 Å². The van der Waals surface area contributed by atoms with Crippen molar-refractivity contribution < 1.29 is 19.0 Å². The summed E-state index contributed by atoms with van der Waals surface area (Å²) in [6.07, 6.45) is 3.68. The first-order chi connectivity index (χ1) is 15.7. The number of fused-ring (bicyclic) bond motifs is 4. The Balaban J connectivity index is 2.02. The van der Waals surface area contributed by atoms with Gasteiger partial charge in [0.2, 0.25) is 0 Å². The van der Waals surface area contributed by atoms with Crippen molar-refractivity contribution >= 4 is 17.6 Å². The van der Waals surface area contributed by atoms with E-state index < -0.39 is 11.6 Å². The van der Waals surface area contributed by atoms with Crippen molar-refractivity contribution in [1.82, 2.24) is 9.55 Å². The van der Waals surface area contributed by atoms with Crippen LogP contribution in [0.4, 0.5) is 4.39 Å². The lowest BCUT2D eigenvalue weighted by Gasteiger charge is -2.31. The number of cyclic esters (lactones) is 1. The van der Waals surface area contributed by atoms with E-state index in [2.05, 4.69) is 6.92 Å².